The maximum atomic E-state index is 6.18. The Morgan fingerprint density at radius 1 is 1.15 bits per heavy atom. The van der Waals surface area contributed by atoms with Crippen molar-refractivity contribution in [2.24, 2.45) is 0 Å². The minimum Gasteiger partial charge on any atom is -0.444 e. The van der Waals surface area contributed by atoms with Gasteiger partial charge in [0, 0.05) is 28.1 Å². The van der Waals surface area contributed by atoms with Crippen LogP contribution in [-0.2, 0) is 6.54 Å². The summed E-state index contributed by atoms with van der Waals surface area (Å²) in [6.45, 7) is 0.647. The molecule has 1 N–H and O–H groups in total. The predicted molar refractivity (Wildman–Crippen MR) is 86.8 cm³/mol. The van der Waals surface area contributed by atoms with E-state index in [1.807, 2.05) is 30.3 Å². The van der Waals surface area contributed by atoms with Crippen molar-refractivity contribution in [3.8, 4) is 0 Å². The Morgan fingerprint density at radius 2 is 2.00 bits per heavy atom. The number of anilines is 1. The number of furan rings is 1. The van der Waals surface area contributed by atoms with E-state index in [2.05, 4.69) is 29.8 Å². The molecule has 0 atom stereocenters. The van der Waals surface area contributed by atoms with Crippen molar-refractivity contribution in [3.05, 3.63) is 59.3 Å². The Labute approximate surface area is 127 Å². The number of thioether (sulfide) groups is 1. The number of nitrogens with one attached hydrogen (secondary N) is 1. The summed E-state index contributed by atoms with van der Waals surface area (Å²) in [5.74, 6) is 0. The fourth-order valence-electron chi connectivity index (χ4n) is 2.16. The SMILES string of the molecule is CSc1cccc(NCc2c(Cl)oc3ccccc23)c1. The van der Waals surface area contributed by atoms with Gasteiger partial charge in [-0.05, 0) is 42.1 Å². The molecule has 4 heteroatoms. The Hall–Kier alpha value is -1.58. The summed E-state index contributed by atoms with van der Waals surface area (Å²) in [5, 5.41) is 4.92. The maximum absolute atomic E-state index is 6.18. The van der Waals surface area contributed by atoms with E-state index in [-0.39, 0.29) is 0 Å². The van der Waals surface area contributed by atoms with E-state index in [9.17, 15) is 0 Å². The monoisotopic (exact) mass is 303 g/mol. The summed E-state index contributed by atoms with van der Waals surface area (Å²) in [5.41, 5.74) is 2.90. The number of para-hydroxylation sites is 1. The molecule has 2 nitrogen and oxygen atoms in total. The van der Waals surface area contributed by atoms with Crippen LogP contribution in [0.15, 0.2) is 57.8 Å². The van der Waals surface area contributed by atoms with Gasteiger partial charge in [-0.15, -0.1) is 11.8 Å². The first-order chi connectivity index (χ1) is 9.78. The van der Waals surface area contributed by atoms with Gasteiger partial charge in [-0.2, -0.15) is 0 Å². The molecule has 0 bridgehead atoms. The van der Waals surface area contributed by atoms with Crippen LogP contribution in [0.1, 0.15) is 5.56 Å². The van der Waals surface area contributed by atoms with Crippen molar-refractivity contribution < 1.29 is 4.42 Å². The lowest BCUT2D eigenvalue weighted by Gasteiger charge is -2.07. The Kier molecular flexibility index (Phi) is 3.90. The minimum atomic E-state index is 0.458. The van der Waals surface area contributed by atoms with Crippen LogP contribution in [0, 0.1) is 0 Å². The van der Waals surface area contributed by atoms with Crippen LogP contribution in [0.3, 0.4) is 0 Å². The third-order valence-corrected chi connectivity index (χ3v) is 4.22. The summed E-state index contributed by atoms with van der Waals surface area (Å²) in [4.78, 5) is 1.23. The van der Waals surface area contributed by atoms with E-state index in [1.54, 1.807) is 11.8 Å². The number of rotatable bonds is 4. The average molecular weight is 304 g/mol. The molecule has 0 aliphatic rings. The van der Waals surface area contributed by atoms with Gasteiger partial charge in [0.15, 0.2) is 5.22 Å². The molecular weight excluding hydrogens is 290 g/mol. The second-order valence-corrected chi connectivity index (χ2v) is 5.66. The quantitative estimate of drug-likeness (QED) is 0.651. The van der Waals surface area contributed by atoms with E-state index in [0.717, 1.165) is 22.2 Å². The topological polar surface area (TPSA) is 25.2 Å². The summed E-state index contributed by atoms with van der Waals surface area (Å²) in [6, 6.07) is 16.2. The van der Waals surface area contributed by atoms with Gasteiger partial charge in [0.2, 0.25) is 0 Å². The molecule has 0 radical (unpaired) electrons. The number of hydrogen-bond acceptors (Lipinski definition) is 3. The molecule has 0 saturated heterocycles. The highest BCUT2D eigenvalue weighted by atomic mass is 35.5. The molecule has 3 rings (SSSR count). The third-order valence-electron chi connectivity index (χ3n) is 3.19. The highest BCUT2D eigenvalue weighted by Gasteiger charge is 2.11. The molecule has 1 heterocycles. The summed E-state index contributed by atoms with van der Waals surface area (Å²) in [7, 11) is 0. The first-order valence-corrected chi connectivity index (χ1v) is 7.92. The van der Waals surface area contributed by atoms with Gasteiger partial charge in [0.1, 0.15) is 5.58 Å². The number of fused-ring (bicyclic) bond motifs is 1. The minimum absolute atomic E-state index is 0.458. The zero-order chi connectivity index (χ0) is 13.9. The lowest BCUT2D eigenvalue weighted by molar-refractivity contribution is 0.613. The maximum Gasteiger partial charge on any atom is 0.199 e. The Balaban J connectivity index is 1.84. The van der Waals surface area contributed by atoms with Crippen molar-refractivity contribution in [3.63, 3.8) is 0 Å². The molecule has 1 aromatic heterocycles. The van der Waals surface area contributed by atoms with Crippen molar-refractivity contribution in [1.82, 2.24) is 0 Å². The van der Waals surface area contributed by atoms with Crippen molar-refractivity contribution in [2.75, 3.05) is 11.6 Å². The molecule has 2 aromatic carbocycles. The van der Waals surface area contributed by atoms with Crippen molar-refractivity contribution >= 4 is 40.0 Å². The fourth-order valence-corrected chi connectivity index (χ4v) is 2.87. The lowest BCUT2D eigenvalue weighted by atomic mass is 10.2. The van der Waals surface area contributed by atoms with Crippen LogP contribution in [0.5, 0.6) is 0 Å². The lowest BCUT2D eigenvalue weighted by Crippen LogP contribution is -1.99. The Morgan fingerprint density at radius 3 is 2.85 bits per heavy atom. The van der Waals surface area contributed by atoms with Crippen LogP contribution >= 0.6 is 23.4 Å². The second-order valence-electron chi connectivity index (χ2n) is 4.44. The van der Waals surface area contributed by atoms with Gasteiger partial charge in [0.05, 0.1) is 0 Å². The van der Waals surface area contributed by atoms with Gasteiger partial charge in [-0.25, -0.2) is 0 Å². The molecule has 0 fully saturated rings. The van der Waals surface area contributed by atoms with E-state index in [1.165, 1.54) is 4.90 Å². The smallest absolute Gasteiger partial charge is 0.199 e. The van der Waals surface area contributed by atoms with E-state index in [4.69, 9.17) is 16.0 Å². The van der Waals surface area contributed by atoms with Crippen LogP contribution < -0.4 is 5.32 Å². The van der Waals surface area contributed by atoms with E-state index < -0.39 is 0 Å². The molecule has 0 amide bonds. The van der Waals surface area contributed by atoms with Crippen LogP contribution in [0.2, 0.25) is 5.22 Å². The van der Waals surface area contributed by atoms with Gasteiger partial charge in [0.25, 0.3) is 0 Å². The molecule has 0 aliphatic carbocycles. The van der Waals surface area contributed by atoms with Crippen LogP contribution in [0.25, 0.3) is 11.0 Å². The van der Waals surface area contributed by atoms with Crippen LogP contribution in [0.4, 0.5) is 5.69 Å². The first kappa shape index (κ1) is 13.4. The predicted octanol–water partition coefficient (Wildman–Crippen LogP) is 5.42. The van der Waals surface area contributed by atoms with Crippen molar-refractivity contribution in [1.29, 1.82) is 0 Å². The van der Waals surface area contributed by atoms with E-state index >= 15 is 0 Å². The molecule has 0 aliphatic heterocycles. The Bertz CT molecular complexity index is 738. The van der Waals surface area contributed by atoms with Gasteiger partial charge in [-0.3, -0.25) is 0 Å². The highest BCUT2D eigenvalue weighted by Crippen LogP contribution is 2.30. The molecular formula is C16H14ClNOS. The zero-order valence-electron chi connectivity index (χ0n) is 11.0. The highest BCUT2D eigenvalue weighted by molar-refractivity contribution is 7.98. The second kappa shape index (κ2) is 5.81. The molecule has 0 unspecified atom stereocenters. The molecule has 102 valence electrons. The zero-order valence-corrected chi connectivity index (χ0v) is 12.6. The number of hydrogen-bond donors (Lipinski definition) is 1. The van der Waals surface area contributed by atoms with Crippen LogP contribution in [-0.4, -0.2) is 6.26 Å². The van der Waals surface area contributed by atoms with E-state index in [0.29, 0.717) is 11.8 Å². The third kappa shape index (κ3) is 2.65. The van der Waals surface area contributed by atoms with Gasteiger partial charge < -0.3 is 9.73 Å². The van der Waals surface area contributed by atoms with Crippen molar-refractivity contribution in [2.45, 2.75) is 11.4 Å². The summed E-state index contributed by atoms with van der Waals surface area (Å²) >= 11 is 7.91. The first-order valence-electron chi connectivity index (χ1n) is 6.32. The number of halogens is 1. The molecule has 0 saturated carbocycles. The standard InChI is InChI=1S/C16H14ClNOS/c1-20-12-6-4-5-11(9-12)18-10-14-13-7-2-3-8-15(13)19-16(14)17/h2-9,18H,10H2,1H3. The molecule has 3 aromatic rings. The summed E-state index contributed by atoms with van der Waals surface area (Å²) in [6.07, 6.45) is 2.07. The van der Waals surface area contributed by atoms with Gasteiger partial charge >= 0.3 is 0 Å². The fraction of sp³-hybridized carbons (Fsp3) is 0.125. The molecule has 20 heavy (non-hydrogen) atoms. The largest absolute Gasteiger partial charge is 0.444 e. The average Bonchev–Trinajstić information content (AvgIpc) is 2.81. The molecule has 0 spiro atoms. The van der Waals surface area contributed by atoms with Gasteiger partial charge in [-0.1, -0.05) is 24.3 Å². The summed E-state index contributed by atoms with van der Waals surface area (Å²) < 4.78 is 5.55. The normalized spacial score (nSPS) is 10.9. The number of benzene rings is 2.